The molecule has 0 atom stereocenters. The molecule has 0 saturated heterocycles. The number of anilines is 1. The van der Waals surface area contributed by atoms with Gasteiger partial charge in [-0.05, 0) is 25.8 Å². The largest absolute Gasteiger partial charge is 0.388 e. The molecule has 6 nitrogen and oxygen atoms in total. The molecule has 1 heterocycles. The summed E-state index contributed by atoms with van der Waals surface area (Å²) in [6.07, 6.45) is 5.07. The quantitative estimate of drug-likeness (QED) is 0.665. The van der Waals surface area contributed by atoms with Gasteiger partial charge in [-0.15, -0.1) is 0 Å². The van der Waals surface area contributed by atoms with E-state index in [0.717, 1.165) is 25.7 Å². The molecule has 1 aliphatic carbocycles. The van der Waals surface area contributed by atoms with E-state index in [-0.39, 0.29) is 5.69 Å². The molecule has 0 amide bonds. The molecule has 0 aliphatic heterocycles. The van der Waals surface area contributed by atoms with Gasteiger partial charge in [-0.25, -0.2) is 4.98 Å². The van der Waals surface area contributed by atoms with Crippen molar-refractivity contribution >= 4 is 11.5 Å². The van der Waals surface area contributed by atoms with Crippen LogP contribution in [0.2, 0.25) is 0 Å². The number of hydrogen-bond donors (Lipinski definition) is 1. The molecule has 0 spiro atoms. The van der Waals surface area contributed by atoms with Crippen LogP contribution < -0.4 is 4.90 Å². The highest BCUT2D eigenvalue weighted by atomic mass is 16.6. The molecule has 1 aliphatic rings. The van der Waals surface area contributed by atoms with Crippen molar-refractivity contribution in [2.75, 3.05) is 18.5 Å². The van der Waals surface area contributed by atoms with E-state index in [4.69, 9.17) is 0 Å². The van der Waals surface area contributed by atoms with Crippen molar-refractivity contribution in [3.8, 4) is 0 Å². The highest BCUT2D eigenvalue weighted by Gasteiger charge is 2.34. The summed E-state index contributed by atoms with van der Waals surface area (Å²) in [4.78, 5) is 16.5. The molecule has 104 valence electrons. The van der Waals surface area contributed by atoms with Crippen molar-refractivity contribution in [3.63, 3.8) is 0 Å². The summed E-state index contributed by atoms with van der Waals surface area (Å²) >= 11 is 0. The van der Waals surface area contributed by atoms with Gasteiger partial charge in [-0.3, -0.25) is 10.1 Å². The summed E-state index contributed by atoms with van der Waals surface area (Å²) in [7, 11) is 1.74. The second kappa shape index (κ2) is 5.13. The SMILES string of the molecule is Cc1ccnc(N(C)CC2(O)CCCC2)c1[N+](=O)[O-]. The molecule has 6 heteroatoms. The third kappa shape index (κ3) is 2.84. The highest BCUT2D eigenvalue weighted by molar-refractivity contribution is 5.61. The molecule has 0 aromatic carbocycles. The van der Waals surface area contributed by atoms with E-state index >= 15 is 0 Å². The molecular weight excluding hydrogens is 246 g/mol. The van der Waals surface area contributed by atoms with Gasteiger partial charge in [-0.2, -0.15) is 0 Å². The number of aliphatic hydroxyl groups is 1. The van der Waals surface area contributed by atoms with Gasteiger partial charge in [0.05, 0.1) is 10.5 Å². The summed E-state index contributed by atoms with van der Waals surface area (Å²) < 4.78 is 0. The lowest BCUT2D eigenvalue weighted by Gasteiger charge is -2.29. The second-order valence-electron chi connectivity index (χ2n) is 5.34. The molecule has 1 aromatic heterocycles. The average Bonchev–Trinajstić information content (AvgIpc) is 2.74. The van der Waals surface area contributed by atoms with Crippen LogP contribution in [0.5, 0.6) is 0 Å². The summed E-state index contributed by atoms with van der Waals surface area (Å²) in [5.74, 6) is 0.324. The summed E-state index contributed by atoms with van der Waals surface area (Å²) in [5, 5.41) is 21.5. The summed E-state index contributed by atoms with van der Waals surface area (Å²) in [5.41, 5.74) is -0.138. The van der Waals surface area contributed by atoms with Crippen molar-refractivity contribution < 1.29 is 10.0 Å². The fourth-order valence-electron chi connectivity index (χ4n) is 2.75. The lowest BCUT2D eigenvalue weighted by Crippen LogP contribution is -2.39. The lowest BCUT2D eigenvalue weighted by molar-refractivity contribution is -0.384. The third-order valence-electron chi connectivity index (χ3n) is 3.72. The Labute approximate surface area is 112 Å². The zero-order chi connectivity index (χ0) is 14.0. The van der Waals surface area contributed by atoms with Crippen molar-refractivity contribution in [2.24, 2.45) is 0 Å². The molecule has 0 unspecified atom stereocenters. The maximum absolute atomic E-state index is 11.1. The van der Waals surface area contributed by atoms with E-state index in [2.05, 4.69) is 4.98 Å². The minimum Gasteiger partial charge on any atom is -0.388 e. The molecule has 1 N–H and O–H groups in total. The summed E-state index contributed by atoms with van der Waals surface area (Å²) in [6, 6.07) is 1.62. The van der Waals surface area contributed by atoms with Crippen LogP contribution in [0.25, 0.3) is 0 Å². The van der Waals surface area contributed by atoms with Gasteiger partial charge in [-0.1, -0.05) is 12.8 Å². The van der Waals surface area contributed by atoms with Crippen LogP contribution in [-0.2, 0) is 0 Å². The maximum atomic E-state index is 11.1. The van der Waals surface area contributed by atoms with Crippen LogP contribution in [0, 0.1) is 17.0 Å². The van der Waals surface area contributed by atoms with Crippen LogP contribution in [0.15, 0.2) is 12.3 Å². The molecule has 1 aromatic rings. The molecule has 1 saturated carbocycles. The molecular formula is C13H19N3O3. The Morgan fingerprint density at radius 3 is 2.74 bits per heavy atom. The lowest BCUT2D eigenvalue weighted by atomic mass is 10.0. The second-order valence-corrected chi connectivity index (χ2v) is 5.34. The minimum absolute atomic E-state index is 0.0200. The van der Waals surface area contributed by atoms with Gasteiger partial charge < -0.3 is 10.0 Å². The Morgan fingerprint density at radius 2 is 2.16 bits per heavy atom. The van der Waals surface area contributed by atoms with Crippen LogP contribution in [0.3, 0.4) is 0 Å². The fraction of sp³-hybridized carbons (Fsp3) is 0.615. The topological polar surface area (TPSA) is 79.5 Å². The van der Waals surface area contributed by atoms with E-state index in [0.29, 0.717) is 17.9 Å². The number of aryl methyl sites for hydroxylation is 1. The van der Waals surface area contributed by atoms with Crippen LogP contribution in [-0.4, -0.2) is 34.2 Å². The van der Waals surface area contributed by atoms with Gasteiger partial charge in [0.2, 0.25) is 5.82 Å². The van der Waals surface area contributed by atoms with Crippen LogP contribution in [0.4, 0.5) is 11.5 Å². The van der Waals surface area contributed by atoms with Crippen molar-refractivity contribution in [1.29, 1.82) is 0 Å². The van der Waals surface area contributed by atoms with Crippen molar-refractivity contribution in [3.05, 3.63) is 27.9 Å². The molecule has 0 radical (unpaired) electrons. The normalized spacial score (nSPS) is 17.4. The number of pyridine rings is 1. The van der Waals surface area contributed by atoms with E-state index in [1.165, 1.54) is 0 Å². The monoisotopic (exact) mass is 265 g/mol. The van der Waals surface area contributed by atoms with Crippen molar-refractivity contribution in [2.45, 2.75) is 38.2 Å². The Morgan fingerprint density at radius 1 is 1.53 bits per heavy atom. The molecule has 19 heavy (non-hydrogen) atoms. The van der Waals surface area contributed by atoms with Gasteiger partial charge in [0, 0.05) is 25.4 Å². The Bertz CT molecular complexity index is 484. The number of aromatic nitrogens is 1. The Kier molecular flexibility index (Phi) is 3.71. The predicted molar refractivity (Wildman–Crippen MR) is 72.3 cm³/mol. The minimum atomic E-state index is -0.742. The van der Waals surface area contributed by atoms with Gasteiger partial charge >= 0.3 is 5.69 Å². The first kappa shape index (κ1) is 13.7. The number of hydrogen-bond acceptors (Lipinski definition) is 5. The molecule has 0 bridgehead atoms. The molecule has 1 fully saturated rings. The maximum Gasteiger partial charge on any atom is 0.314 e. The number of likely N-dealkylation sites (N-methyl/N-ethyl adjacent to an activating group) is 1. The zero-order valence-corrected chi connectivity index (χ0v) is 11.3. The van der Waals surface area contributed by atoms with E-state index in [1.54, 1.807) is 31.1 Å². The first-order valence-electron chi connectivity index (χ1n) is 6.46. The highest BCUT2D eigenvalue weighted by Crippen LogP contribution is 2.33. The van der Waals surface area contributed by atoms with Gasteiger partial charge in [0.25, 0.3) is 0 Å². The van der Waals surface area contributed by atoms with E-state index in [9.17, 15) is 15.2 Å². The third-order valence-corrected chi connectivity index (χ3v) is 3.72. The van der Waals surface area contributed by atoms with Gasteiger partial charge in [0.1, 0.15) is 0 Å². The van der Waals surface area contributed by atoms with E-state index in [1.807, 2.05) is 0 Å². The predicted octanol–water partition coefficient (Wildman–Crippen LogP) is 2.04. The van der Waals surface area contributed by atoms with Crippen LogP contribution >= 0.6 is 0 Å². The first-order chi connectivity index (χ1) is 8.93. The standard InChI is InChI=1S/C13H19N3O3/c1-10-5-8-14-12(11(10)16(18)19)15(2)9-13(17)6-3-4-7-13/h5,8,17H,3-4,6-7,9H2,1-2H3. The van der Waals surface area contributed by atoms with Crippen LogP contribution in [0.1, 0.15) is 31.2 Å². The summed E-state index contributed by atoms with van der Waals surface area (Å²) in [6.45, 7) is 2.08. The average molecular weight is 265 g/mol. The smallest absolute Gasteiger partial charge is 0.314 e. The van der Waals surface area contributed by atoms with Gasteiger partial charge in [0.15, 0.2) is 0 Å². The fourth-order valence-corrected chi connectivity index (χ4v) is 2.75. The first-order valence-corrected chi connectivity index (χ1v) is 6.46. The van der Waals surface area contributed by atoms with Crippen molar-refractivity contribution in [1.82, 2.24) is 4.98 Å². The number of rotatable bonds is 4. The van der Waals surface area contributed by atoms with E-state index < -0.39 is 10.5 Å². The number of nitrogens with zero attached hydrogens (tertiary/aromatic N) is 3. The Hall–Kier alpha value is -1.69. The molecule has 2 rings (SSSR count). The zero-order valence-electron chi connectivity index (χ0n) is 11.3. The Balaban J connectivity index is 2.26. The number of nitro groups is 1.